The van der Waals surface area contributed by atoms with Gasteiger partial charge in [-0.15, -0.1) is 0 Å². The average molecular weight is 461 g/mol. The van der Waals surface area contributed by atoms with E-state index in [1.807, 2.05) is 30.3 Å². The van der Waals surface area contributed by atoms with Crippen LogP contribution in [0.2, 0.25) is 0 Å². The molecule has 0 atom stereocenters. The lowest BCUT2D eigenvalue weighted by Gasteiger charge is -2.41. The van der Waals surface area contributed by atoms with Gasteiger partial charge in [0, 0.05) is 17.2 Å². The van der Waals surface area contributed by atoms with Gasteiger partial charge in [0.15, 0.2) is 0 Å². The predicted octanol–water partition coefficient (Wildman–Crippen LogP) is 3.68. The van der Waals surface area contributed by atoms with E-state index in [4.69, 9.17) is 16.2 Å². The Balaban J connectivity index is 1.69. The number of rotatable bonds is 5. The van der Waals surface area contributed by atoms with Crippen LogP contribution in [0.5, 0.6) is 5.75 Å². The molecule has 174 valence electrons. The van der Waals surface area contributed by atoms with E-state index < -0.39 is 17.3 Å². The van der Waals surface area contributed by atoms with Crippen LogP contribution >= 0.6 is 0 Å². The van der Waals surface area contributed by atoms with Gasteiger partial charge in [0.2, 0.25) is 0 Å². The monoisotopic (exact) mass is 461 g/mol. The van der Waals surface area contributed by atoms with E-state index in [1.54, 1.807) is 19.1 Å². The van der Waals surface area contributed by atoms with Crippen molar-refractivity contribution >= 4 is 22.6 Å². The minimum Gasteiger partial charge on any atom is -0.496 e. The highest BCUT2D eigenvalue weighted by Crippen LogP contribution is 2.44. The Morgan fingerprint density at radius 2 is 1.91 bits per heavy atom. The standard InChI is InChI=1S/C25H24FN5O3/c1-25(33)11-15(12-25)31-23(27)21(24(28)32)22(30-31)14-8-16(26)20-18(9-14)29-17(10-19(20)34-2)13-6-4-3-5-7-13/h3-10,15,33H,11-12,27H2,1-2H3,(H2,28,32). The number of hydrogen-bond donors (Lipinski definition) is 3. The minimum absolute atomic E-state index is 0.0106. The number of ether oxygens (including phenoxy) is 1. The van der Waals surface area contributed by atoms with Crippen molar-refractivity contribution in [2.24, 2.45) is 5.73 Å². The third kappa shape index (κ3) is 3.54. The molecular formula is C25H24FN5O3. The number of methoxy groups -OCH3 is 1. The van der Waals surface area contributed by atoms with Crippen molar-refractivity contribution in [3.63, 3.8) is 0 Å². The molecule has 8 nitrogen and oxygen atoms in total. The third-order valence-electron chi connectivity index (χ3n) is 6.28. The van der Waals surface area contributed by atoms with Crippen LogP contribution in [-0.4, -0.2) is 38.5 Å². The van der Waals surface area contributed by atoms with Gasteiger partial charge in [-0.05, 0) is 31.9 Å². The van der Waals surface area contributed by atoms with Gasteiger partial charge in [0.05, 0.1) is 35.3 Å². The summed E-state index contributed by atoms with van der Waals surface area (Å²) in [6.07, 6.45) is 0.865. The first-order valence-corrected chi connectivity index (χ1v) is 10.8. The number of hydrogen-bond acceptors (Lipinski definition) is 6. The molecule has 1 fully saturated rings. The van der Waals surface area contributed by atoms with Crippen LogP contribution < -0.4 is 16.2 Å². The van der Waals surface area contributed by atoms with E-state index in [0.29, 0.717) is 35.4 Å². The van der Waals surface area contributed by atoms with Gasteiger partial charge in [-0.1, -0.05) is 30.3 Å². The maximum Gasteiger partial charge on any atom is 0.254 e. The number of carbonyl (C=O) groups excluding carboxylic acids is 1. The molecule has 0 saturated heterocycles. The first-order valence-electron chi connectivity index (χ1n) is 10.8. The summed E-state index contributed by atoms with van der Waals surface area (Å²) >= 11 is 0. The number of fused-ring (bicyclic) bond motifs is 1. The highest BCUT2D eigenvalue weighted by atomic mass is 19.1. The average Bonchev–Trinajstić information content (AvgIpc) is 3.14. The SMILES string of the molecule is COc1cc(-c2ccccc2)nc2cc(-c3nn(C4CC(C)(O)C4)c(N)c3C(N)=O)cc(F)c12. The predicted molar refractivity (Wildman–Crippen MR) is 127 cm³/mol. The maximum absolute atomic E-state index is 15.4. The second-order valence-corrected chi connectivity index (χ2v) is 8.90. The normalized spacial score (nSPS) is 19.7. The number of halogens is 1. The molecule has 2 aromatic heterocycles. The molecule has 2 aromatic carbocycles. The van der Waals surface area contributed by atoms with Gasteiger partial charge in [0.25, 0.3) is 5.91 Å². The van der Waals surface area contributed by atoms with Crippen molar-refractivity contribution < 1.29 is 19.0 Å². The molecule has 1 amide bonds. The van der Waals surface area contributed by atoms with E-state index in [9.17, 15) is 9.90 Å². The van der Waals surface area contributed by atoms with Gasteiger partial charge < -0.3 is 21.3 Å². The third-order valence-corrected chi connectivity index (χ3v) is 6.28. The topological polar surface area (TPSA) is 129 Å². The van der Waals surface area contributed by atoms with E-state index in [1.165, 1.54) is 17.9 Å². The van der Waals surface area contributed by atoms with E-state index in [2.05, 4.69) is 10.1 Å². The molecule has 4 aromatic rings. The van der Waals surface area contributed by atoms with E-state index >= 15 is 4.39 Å². The highest BCUT2D eigenvalue weighted by molar-refractivity contribution is 6.04. The van der Waals surface area contributed by atoms with Gasteiger partial charge in [0.1, 0.15) is 28.6 Å². The number of nitrogens with zero attached hydrogens (tertiary/aromatic N) is 3. The number of nitrogen functional groups attached to an aromatic ring is 1. The van der Waals surface area contributed by atoms with Gasteiger partial charge >= 0.3 is 0 Å². The van der Waals surface area contributed by atoms with Crippen LogP contribution in [0.1, 0.15) is 36.2 Å². The maximum atomic E-state index is 15.4. The van der Waals surface area contributed by atoms with Crippen LogP contribution in [-0.2, 0) is 0 Å². The summed E-state index contributed by atoms with van der Waals surface area (Å²) < 4.78 is 22.3. The van der Waals surface area contributed by atoms with Gasteiger partial charge in [-0.3, -0.25) is 4.79 Å². The largest absolute Gasteiger partial charge is 0.496 e. The summed E-state index contributed by atoms with van der Waals surface area (Å²) in [4.78, 5) is 16.9. The molecule has 9 heteroatoms. The number of aliphatic hydroxyl groups is 1. The van der Waals surface area contributed by atoms with Crippen molar-refractivity contribution in [3.8, 4) is 28.3 Å². The zero-order valence-corrected chi connectivity index (χ0v) is 18.7. The number of benzene rings is 2. The lowest BCUT2D eigenvalue weighted by atomic mass is 9.77. The van der Waals surface area contributed by atoms with Crippen LogP contribution in [0.15, 0.2) is 48.5 Å². The quantitative estimate of drug-likeness (QED) is 0.416. The number of primary amides is 1. The van der Waals surface area contributed by atoms with Crippen molar-refractivity contribution in [2.45, 2.75) is 31.4 Å². The Kier molecular flexibility index (Phi) is 5.02. The fourth-order valence-electron chi connectivity index (χ4n) is 4.64. The summed E-state index contributed by atoms with van der Waals surface area (Å²) in [5.74, 6) is -0.919. The van der Waals surface area contributed by atoms with E-state index in [-0.39, 0.29) is 28.5 Å². The Bertz CT molecular complexity index is 1420. The lowest BCUT2D eigenvalue weighted by molar-refractivity contribution is -0.0535. The van der Waals surface area contributed by atoms with Crippen molar-refractivity contribution in [2.75, 3.05) is 12.8 Å². The Labute approximate surface area is 195 Å². The summed E-state index contributed by atoms with van der Waals surface area (Å²) in [5.41, 5.74) is 13.3. The smallest absolute Gasteiger partial charge is 0.254 e. The van der Waals surface area contributed by atoms with Crippen LogP contribution in [0.4, 0.5) is 10.2 Å². The Hall–Kier alpha value is -3.98. The van der Waals surface area contributed by atoms with Gasteiger partial charge in [-0.2, -0.15) is 5.10 Å². The Morgan fingerprint density at radius 1 is 1.21 bits per heavy atom. The fraction of sp³-hybridized carbons (Fsp3) is 0.240. The lowest BCUT2D eigenvalue weighted by Crippen LogP contribution is -2.42. The van der Waals surface area contributed by atoms with Crippen LogP contribution in [0.3, 0.4) is 0 Å². The molecule has 5 rings (SSSR count). The van der Waals surface area contributed by atoms with Gasteiger partial charge in [-0.25, -0.2) is 14.1 Å². The molecule has 1 saturated carbocycles. The van der Waals surface area contributed by atoms with Crippen molar-refractivity contribution in [3.05, 3.63) is 59.9 Å². The first kappa shape index (κ1) is 21.8. The summed E-state index contributed by atoms with van der Waals surface area (Å²) in [6.45, 7) is 1.72. The number of amides is 1. The minimum atomic E-state index is -0.820. The number of carbonyl (C=O) groups is 1. The van der Waals surface area contributed by atoms with E-state index in [0.717, 1.165) is 5.56 Å². The number of aromatic nitrogens is 3. The van der Waals surface area contributed by atoms with Crippen LogP contribution in [0.25, 0.3) is 33.4 Å². The fourth-order valence-corrected chi connectivity index (χ4v) is 4.64. The highest BCUT2D eigenvalue weighted by Gasteiger charge is 2.41. The van der Waals surface area contributed by atoms with Crippen LogP contribution in [0, 0.1) is 5.82 Å². The molecule has 1 aliphatic rings. The summed E-state index contributed by atoms with van der Waals surface area (Å²) in [6, 6.07) is 13.9. The molecule has 2 heterocycles. The molecule has 0 radical (unpaired) electrons. The Morgan fingerprint density at radius 3 is 2.53 bits per heavy atom. The van der Waals surface area contributed by atoms with Crippen molar-refractivity contribution in [1.29, 1.82) is 0 Å². The second-order valence-electron chi connectivity index (χ2n) is 8.90. The zero-order chi connectivity index (χ0) is 24.2. The van der Waals surface area contributed by atoms with Crippen molar-refractivity contribution in [1.82, 2.24) is 14.8 Å². The number of anilines is 1. The molecule has 0 aliphatic heterocycles. The summed E-state index contributed by atoms with van der Waals surface area (Å²) in [7, 11) is 1.47. The molecular weight excluding hydrogens is 437 g/mol. The molecule has 0 bridgehead atoms. The molecule has 0 spiro atoms. The summed E-state index contributed by atoms with van der Waals surface area (Å²) in [5, 5.41) is 14.8. The molecule has 5 N–H and O–H groups in total. The molecule has 1 aliphatic carbocycles. The first-order chi connectivity index (χ1) is 16.2. The molecule has 34 heavy (non-hydrogen) atoms. The zero-order valence-electron chi connectivity index (χ0n) is 18.7. The molecule has 0 unspecified atom stereocenters. The number of pyridine rings is 1. The second kappa shape index (κ2) is 7.81. The number of nitrogens with two attached hydrogens (primary N) is 2.